The lowest BCUT2D eigenvalue weighted by Gasteiger charge is -2.16. The molecule has 0 aliphatic heterocycles. The molecule has 0 saturated heterocycles. The minimum absolute atomic E-state index is 0.419. The molecule has 0 spiro atoms. The van der Waals surface area contributed by atoms with Crippen LogP contribution in [0.4, 0.5) is 0 Å². The highest BCUT2D eigenvalue weighted by Crippen LogP contribution is 2.38. The second-order valence-electron chi connectivity index (χ2n) is 6.44. The van der Waals surface area contributed by atoms with Gasteiger partial charge in [-0.1, -0.05) is 91.0 Å². The first-order valence-corrected chi connectivity index (χ1v) is 9.81. The minimum atomic E-state index is -0.513. The average molecular weight is 380 g/mol. The third-order valence-electron chi connectivity index (χ3n) is 4.71. The molecule has 28 heavy (non-hydrogen) atoms. The maximum Gasteiger partial charge on any atom is 0.254 e. The molecule has 0 aromatic heterocycles. The van der Waals surface area contributed by atoms with E-state index in [4.69, 9.17) is 0 Å². The van der Waals surface area contributed by atoms with E-state index in [1.54, 1.807) is 0 Å². The number of hydrogen-bond donors (Lipinski definition) is 0. The summed E-state index contributed by atoms with van der Waals surface area (Å²) in [7, 11) is -0.513. The Bertz CT molecular complexity index is 1060. The molecule has 0 aliphatic carbocycles. The van der Waals surface area contributed by atoms with Gasteiger partial charge in [0.25, 0.3) is 5.52 Å². The van der Waals surface area contributed by atoms with Gasteiger partial charge in [-0.25, -0.2) is 0 Å². The van der Waals surface area contributed by atoms with Crippen LogP contribution >= 0.6 is 8.46 Å². The van der Waals surface area contributed by atoms with E-state index < -0.39 is 14.0 Å². The van der Waals surface area contributed by atoms with Gasteiger partial charge in [0.1, 0.15) is 0 Å². The fourth-order valence-corrected chi connectivity index (χ4v) is 3.74. The van der Waals surface area contributed by atoms with Crippen LogP contribution in [-0.2, 0) is 4.57 Å². The molecular formula is C25H17O2P. The zero-order chi connectivity index (χ0) is 19.3. The summed E-state index contributed by atoms with van der Waals surface area (Å²) in [6, 6.07) is 33.6. The summed E-state index contributed by atoms with van der Waals surface area (Å²) < 4.78 is 11.6. The Kier molecular flexibility index (Phi) is 5.23. The largest absolute Gasteiger partial charge is 0.280 e. The fourth-order valence-electron chi connectivity index (χ4n) is 3.41. The molecule has 2 nitrogen and oxygen atoms in total. The molecule has 4 rings (SSSR count). The normalized spacial score (nSPS) is 10.7. The Morgan fingerprint density at radius 3 is 1.32 bits per heavy atom. The average Bonchev–Trinajstić information content (AvgIpc) is 2.79. The smallest absolute Gasteiger partial charge is 0.254 e. The van der Waals surface area contributed by atoms with Crippen LogP contribution in [-0.4, -0.2) is 5.52 Å². The van der Waals surface area contributed by atoms with Gasteiger partial charge in [0, 0.05) is 5.56 Å². The first-order valence-electron chi connectivity index (χ1n) is 9.00. The number of carbonyl (C=O) groups is 1. The van der Waals surface area contributed by atoms with E-state index in [0.29, 0.717) is 5.56 Å². The van der Waals surface area contributed by atoms with Crippen LogP contribution in [0, 0.1) is 0 Å². The lowest BCUT2D eigenvalue weighted by Crippen LogP contribution is -2.00. The SMILES string of the molecule is O=PC(=O)c1c(-c2ccccc2)cc(-c2ccccc2)cc1-c1ccccc1. The summed E-state index contributed by atoms with van der Waals surface area (Å²) in [6.07, 6.45) is 0. The predicted octanol–water partition coefficient (Wildman–Crippen LogP) is 7.12. The van der Waals surface area contributed by atoms with Crippen molar-refractivity contribution in [2.45, 2.75) is 0 Å². The summed E-state index contributed by atoms with van der Waals surface area (Å²) in [5.41, 5.74) is 5.55. The van der Waals surface area contributed by atoms with Crippen LogP contribution < -0.4 is 0 Å². The van der Waals surface area contributed by atoms with Crippen LogP contribution in [0.3, 0.4) is 0 Å². The molecule has 0 radical (unpaired) electrons. The minimum Gasteiger partial charge on any atom is -0.280 e. The van der Waals surface area contributed by atoms with Gasteiger partial charge in [0.05, 0.1) is 0 Å². The van der Waals surface area contributed by atoms with E-state index in [-0.39, 0.29) is 0 Å². The Morgan fingerprint density at radius 2 is 0.929 bits per heavy atom. The van der Waals surface area contributed by atoms with Crippen molar-refractivity contribution < 1.29 is 9.36 Å². The van der Waals surface area contributed by atoms with Gasteiger partial charge < -0.3 is 0 Å². The Labute approximate surface area is 165 Å². The molecule has 0 amide bonds. The topological polar surface area (TPSA) is 34.1 Å². The molecule has 0 unspecified atom stereocenters. The molecule has 4 aromatic rings. The second-order valence-corrected chi connectivity index (χ2v) is 7.03. The molecule has 0 atom stereocenters. The van der Waals surface area contributed by atoms with Crippen molar-refractivity contribution >= 4 is 14.0 Å². The third kappa shape index (κ3) is 3.55. The van der Waals surface area contributed by atoms with Gasteiger partial charge in [0.15, 0.2) is 0 Å². The van der Waals surface area contributed by atoms with Crippen LogP contribution in [0.1, 0.15) is 10.4 Å². The first kappa shape index (κ1) is 18.0. The van der Waals surface area contributed by atoms with E-state index in [2.05, 4.69) is 0 Å². The van der Waals surface area contributed by atoms with Crippen molar-refractivity contribution in [2.24, 2.45) is 0 Å². The molecule has 0 heterocycles. The van der Waals surface area contributed by atoms with Crippen LogP contribution in [0.5, 0.6) is 0 Å². The van der Waals surface area contributed by atoms with E-state index in [9.17, 15) is 9.36 Å². The van der Waals surface area contributed by atoms with Gasteiger partial charge in [-0.2, -0.15) is 0 Å². The van der Waals surface area contributed by atoms with E-state index in [1.165, 1.54) is 0 Å². The van der Waals surface area contributed by atoms with Gasteiger partial charge >= 0.3 is 0 Å². The Morgan fingerprint density at radius 1 is 0.536 bits per heavy atom. The van der Waals surface area contributed by atoms with Gasteiger partial charge in [-0.3, -0.25) is 9.36 Å². The molecule has 0 saturated carbocycles. The zero-order valence-electron chi connectivity index (χ0n) is 15.1. The van der Waals surface area contributed by atoms with Crippen molar-refractivity contribution in [2.75, 3.05) is 0 Å². The van der Waals surface area contributed by atoms with Crippen molar-refractivity contribution in [3.05, 3.63) is 109 Å². The first-order chi connectivity index (χ1) is 13.8. The van der Waals surface area contributed by atoms with Crippen molar-refractivity contribution in [3.63, 3.8) is 0 Å². The fraction of sp³-hybridized carbons (Fsp3) is 0. The molecule has 4 aromatic carbocycles. The number of hydrogen-bond acceptors (Lipinski definition) is 2. The molecule has 0 aliphatic rings. The highest BCUT2D eigenvalue weighted by molar-refractivity contribution is 7.47. The van der Waals surface area contributed by atoms with E-state index in [1.807, 2.05) is 103 Å². The van der Waals surface area contributed by atoms with Crippen molar-refractivity contribution in [1.29, 1.82) is 0 Å². The summed E-state index contributed by atoms with van der Waals surface area (Å²) >= 11 is 0. The predicted molar refractivity (Wildman–Crippen MR) is 115 cm³/mol. The monoisotopic (exact) mass is 380 g/mol. The molecule has 134 valence electrons. The van der Waals surface area contributed by atoms with Crippen molar-refractivity contribution in [1.82, 2.24) is 0 Å². The summed E-state index contributed by atoms with van der Waals surface area (Å²) in [6.45, 7) is 0. The van der Waals surface area contributed by atoms with E-state index >= 15 is 0 Å². The van der Waals surface area contributed by atoms with Gasteiger partial charge in [-0.05, 0) is 45.5 Å². The van der Waals surface area contributed by atoms with Crippen LogP contribution in [0.25, 0.3) is 33.4 Å². The molecular weight excluding hydrogens is 363 g/mol. The summed E-state index contributed by atoms with van der Waals surface area (Å²) in [5.74, 6) is 0. The lowest BCUT2D eigenvalue weighted by atomic mass is 9.88. The maximum absolute atomic E-state index is 12.7. The molecule has 0 fully saturated rings. The number of carbonyl (C=O) groups excluding carboxylic acids is 1. The quantitative estimate of drug-likeness (QED) is 0.345. The standard InChI is InChI=1S/C25H17O2P/c26-25(28-27)24-22(19-12-6-2-7-13-19)16-21(18-10-4-1-5-11-18)17-23(24)20-14-8-3-9-15-20/h1-17H. The summed E-state index contributed by atoms with van der Waals surface area (Å²) in [5, 5.41) is 0. The third-order valence-corrected chi connectivity index (χ3v) is 5.10. The highest BCUT2D eigenvalue weighted by Gasteiger charge is 2.20. The van der Waals surface area contributed by atoms with Gasteiger partial charge in [-0.15, -0.1) is 0 Å². The second kappa shape index (κ2) is 8.12. The van der Waals surface area contributed by atoms with Crippen LogP contribution in [0.15, 0.2) is 103 Å². The lowest BCUT2D eigenvalue weighted by molar-refractivity contribution is 0.108. The zero-order valence-corrected chi connectivity index (χ0v) is 16.0. The number of benzene rings is 4. The van der Waals surface area contributed by atoms with Crippen molar-refractivity contribution in [3.8, 4) is 33.4 Å². The number of rotatable bonds is 5. The van der Waals surface area contributed by atoms with E-state index in [0.717, 1.165) is 33.4 Å². The van der Waals surface area contributed by atoms with Gasteiger partial charge in [0.2, 0.25) is 8.46 Å². The highest BCUT2D eigenvalue weighted by atomic mass is 31.1. The molecule has 0 N–H and O–H groups in total. The molecule has 0 bridgehead atoms. The Hall–Kier alpha value is -3.35. The van der Waals surface area contributed by atoms with Crippen LogP contribution in [0.2, 0.25) is 0 Å². The Balaban J connectivity index is 2.08. The summed E-state index contributed by atoms with van der Waals surface area (Å²) in [4.78, 5) is 12.7. The maximum atomic E-state index is 12.7. The molecule has 3 heteroatoms.